The second kappa shape index (κ2) is 12.0. The Hall–Kier alpha value is -1.79. The molecule has 0 amide bonds. The van der Waals surface area contributed by atoms with Crippen LogP contribution in [0.25, 0.3) is 0 Å². The number of hydrogen-bond acceptors (Lipinski definition) is 4. The minimum Gasteiger partial charge on any atom is -0.491 e. The molecule has 1 aliphatic rings. The molecule has 1 saturated carbocycles. The fraction of sp³-hybridized carbons (Fsp3) is 0.696. The maximum Gasteiger partial charge on any atom is 0.191 e. The highest BCUT2D eigenvalue weighted by Gasteiger charge is 2.33. The third kappa shape index (κ3) is 7.86. The Balaban J connectivity index is 1.96. The zero-order valence-electron chi connectivity index (χ0n) is 18.5. The van der Waals surface area contributed by atoms with Crippen LogP contribution in [0.1, 0.15) is 64.5 Å². The normalized spacial score (nSPS) is 17.4. The summed E-state index contributed by atoms with van der Waals surface area (Å²) >= 11 is 0. The summed E-state index contributed by atoms with van der Waals surface area (Å²) in [5, 5.41) is 17.2. The van der Waals surface area contributed by atoms with Crippen molar-refractivity contribution < 1.29 is 14.6 Å². The summed E-state index contributed by atoms with van der Waals surface area (Å²) in [6.07, 6.45) is 5.50. The van der Waals surface area contributed by atoms with E-state index in [9.17, 15) is 5.11 Å². The van der Waals surface area contributed by atoms with Crippen molar-refractivity contribution in [1.29, 1.82) is 0 Å². The van der Waals surface area contributed by atoms with E-state index < -0.39 is 6.10 Å². The fourth-order valence-corrected chi connectivity index (χ4v) is 3.90. The molecule has 6 nitrogen and oxygen atoms in total. The van der Waals surface area contributed by atoms with Gasteiger partial charge >= 0.3 is 0 Å². The molecule has 3 N–H and O–H groups in total. The van der Waals surface area contributed by atoms with Crippen LogP contribution in [0.5, 0.6) is 5.75 Å². The molecule has 1 unspecified atom stereocenters. The number of rotatable bonds is 11. The highest BCUT2D eigenvalue weighted by atomic mass is 16.5. The molecule has 1 aromatic carbocycles. The smallest absolute Gasteiger partial charge is 0.191 e. The second-order valence-electron chi connectivity index (χ2n) is 8.28. The zero-order valence-corrected chi connectivity index (χ0v) is 18.5. The predicted molar refractivity (Wildman–Crippen MR) is 119 cm³/mol. The second-order valence-corrected chi connectivity index (χ2v) is 8.28. The summed E-state index contributed by atoms with van der Waals surface area (Å²) in [6.45, 7) is 8.79. The summed E-state index contributed by atoms with van der Waals surface area (Å²) in [5.74, 6) is 1.53. The Labute approximate surface area is 176 Å². The van der Waals surface area contributed by atoms with Crippen molar-refractivity contribution in [2.24, 2.45) is 10.4 Å². The van der Waals surface area contributed by atoms with E-state index in [0.717, 1.165) is 43.4 Å². The van der Waals surface area contributed by atoms with Gasteiger partial charge in [0, 0.05) is 33.4 Å². The molecule has 164 valence electrons. The van der Waals surface area contributed by atoms with E-state index in [-0.39, 0.29) is 11.5 Å². The summed E-state index contributed by atoms with van der Waals surface area (Å²) in [6, 6.07) is 7.64. The molecule has 29 heavy (non-hydrogen) atoms. The van der Waals surface area contributed by atoms with E-state index in [1.165, 1.54) is 25.7 Å². The monoisotopic (exact) mass is 405 g/mol. The third-order valence-electron chi connectivity index (χ3n) is 5.50. The minimum atomic E-state index is -0.636. The average molecular weight is 406 g/mol. The van der Waals surface area contributed by atoms with Gasteiger partial charge in [-0.1, -0.05) is 25.0 Å². The van der Waals surface area contributed by atoms with Gasteiger partial charge in [-0.3, -0.25) is 4.99 Å². The summed E-state index contributed by atoms with van der Waals surface area (Å²) in [7, 11) is 1.76. The molecular weight excluding hydrogens is 366 g/mol. The Kier molecular flexibility index (Phi) is 9.74. The van der Waals surface area contributed by atoms with E-state index in [1.54, 1.807) is 7.11 Å². The molecule has 1 fully saturated rings. The van der Waals surface area contributed by atoms with Gasteiger partial charge in [0.2, 0.25) is 0 Å². The lowest BCUT2D eigenvalue weighted by Crippen LogP contribution is -2.40. The number of aliphatic hydroxyl groups is 1. The highest BCUT2D eigenvalue weighted by molar-refractivity contribution is 5.79. The maximum absolute atomic E-state index is 10.6. The molecule has 0 heterocycles. The van der Waals surface area contributed by atoms with E-state index in [2.05, 4.69) is 17.6 Å². The first-order chi connectivity index (χ1) is 14.0. The van der Waals surface area contributed by atoms with E-state index in [1.807, 2.05) is 38.1 Å². The van der Waals surface area contributed by atoms with Crippen molar-refractivity contribution in [2.75, 3.05) is 33.4 Å². The van der Waals surface area contributed by atoms with Crippen molar-refractivity contribution in [3.8, 4) is 5.75 Å². The van der Waals surface area contributed by atoms with E-state index >= 15 is 0 Å². The number of nitrogens with zero attached hydrogens (tertiary/aromatic N) is 1. The van der Waals surface area contributed by atoms with Crippen molar-refractivity contribution in [2.45, 2.75) is 65.1 Å². The third-order valence-corrected chi connectivity index (χ3v) is 5.50. The molecule has 0 radical (unpaired) electrons. The SMILES string of the molecule is CCNC(=NCC1(CCOC)CCCC1)NCC(O)c1cccc(OC(C)C)c1. The number of hydrogen-bond donors (Lipinski definition) is 3. The Morgan fingerprint density at radius 1 is 1.24 bits per heavy atom. The molecule has 0 bridgehead atoms. The molecule has 0 saturated heterocycles. The first kappa shape index (κ1) is 23.5. The summed E-state index contributed by atoms with van der Waals surface area (Å²) < 4.78 is 11.1. The topological polar surface area (TPSA) is 75.1 Å². The van der Waals surface area contributed by atoms with Crippen LogP contribution in [0, 0.1) is 5.41 Å². The predicted octanol–water partition coefficient (Wildman–Crippen LogP) is 3.66. The Morgan fingerprint density at radius 3 is 2.66 bits per heavy atom. The lowest BCUT2D eigenvalue weighted by atomic mass is 9.83. The lowest BCUT2D eigenvalue weighted by Gasteiger charge is -2.27. The quantitative estimate of drug-likeness (QED) is 0.387. The first-order valence-corrected chi connectivity index (χ1v) is 10.9. The zero-order chi connectivity index (χ0) is 21.1. The van der Waals surface area contributed by atoms with Crippen LogP contribution < -0.4 is 15.4 Å². The van der Waals surface area contributed by atoms with Gasteiger partial charge in [0.1, 0.15) is 5.75 Å². The van der Waals surface area contributed by atoms with Gasteiger partial charge in [0.05, 0.1) is 12.2 Å². The molecule has 1 aliphatic carbocycles. The Bertz CT molecular complexity index is 628. The van der Waals surface area contributed by atoms with Crippen molar-refractivity contribution in [1.82, 2.24) is 10.6 Å². The van der Waals surface area contributed by atoms with Gasteiger partial charge in [-0.25, -0.2) is 0 Å². The van der Waals surface area contributed by atoms with Crippen LogP contribution in [0.15, 0.2) is 29.3 Å². The van der Waals surface area contributed by atoms with Crippen molar-refractivity contribution >= 4 is 5.96 Å². The standard InChI is InChI=1S/C23H39N3O3/c1-5-24-22(26-17-23(13-14-28-4)11-6-7-12-23)25-16-21(27)19-9-8-10-20(15-19)29-18(2)3/h8-10,15,18,21,27H,5-7,11-14,16-17H2,1-4H3,(H2,24,25,26). The number of methoxy groups -OCH3 is 1. The molecule has 2 rings (SSSR count). The van der Waals surface area contributed by atoms with Crippen LogP contribution in [0.3, 0.4) is 0 Å². The summed E-state index contributed by atoms with van der Waals surface area (Å²) in [4.78, 5) is 4.85. The van der Waals surface area contributed by atoms with Crippen LogP contribution in [0.2, 0.25) is 0 Å². The average Bonchev–Trinajstić information content (AvgIpc) is 3.17. The molecule has 1 aromatic rings. The number of benzene rings is 1. The van der Waals surface area contributed by atoms with Crippen molar-refractivity contribution in [3.63, 3.8) is 0 Å². The summed E-state index contributed by atoms with van der Waals surface area (Å²) in [5.41, 5.74) is 1.08. The molecule has 0 spiro atoms. The number of ether oxygens (including phenoxy) is 2. The van der Waals surface area contributed by atoms with E-state index in [0.29, 0.717) is 6.54 Å². The first-order valence-electron chi connectivity index (χ1n) is 10.9. The molecule has 0 aliphatic heterocycles. The highest BCUT2D eigenvalue weighted by Crippen LogP contribution is 2.41. The molecule has 0 aromatic heterocycles. The van der Waals surface area contributed by atoms with Gasteiger partial charge in [-0.05, 0) is 63.1 Å². The molecular formula is C23H39N3O3. The van der Waals surface area contributed by atoms with Crippen molar-refractivity contribution in [3.05, 3.63) is 29.8 Å². The van der Waals surface area contributed by atoms with E-state index in [4.69, 9.17) is 14.5 Å². The van der Waals surface area contributed by atoms with Gasteiger partial charge in [0.15, 0.2) is 5.96 Å². The molecule has 6 heteroatoms. The molecule has 1 atom stereocenters. The fourth-order valence-electron chi connectivity index (χ4n) is 3.90. The maximum atomic E-state index is 10.6. The van der Waals surface area contributed by atoms with Gasteiger partial charge < -0.3 is 25.2 Å². The van der Waals surface area contributed by atoms with Gasteiger partial charge in [-0.2, -0.15) is 0 Å². The largest absolute Gasteiger partial charge is 0.491 e. The minimum absolute atomic E-state index is 0.106. The van der Waals surface area contributed by atoms with Gasteiger partial charge in [-0.15, -0.1) is 0 Å². The number of nitrogens with one attached hydrogen (secondary N) is 2. The van der Waals surface area contributed by atoms with Crippen LogP contribution in [0.4, 0.5) is 0 Å². The Morgan fingerprint density at radius 2 is 2.00 bits per heavy atom. The number of aliphatic imine (C=N–C) groups is 1. The van der Waals surface area contributed by atoms with Crippen LogP contribution >= 0.6 is 0 Å². The lowest BCUT2D eigenvalue weighted by molar-refractivity contribution is 0.141. The van der Waals surface area contributed by atoms with Gasteiger partial charge in [0.25, 0.3) is 0 Å². The van der Waals surface area contributed by atoms with Crippen LogP contribution in [-0.4, -0.2) is 50.5 Å². The number of guanidine groups is 1. The number of aliphatic hydroxyl groups excluding tert-OH is 1. The van der Waals surface area contributed by atoms with Crippen LogP contribution in [-0.2, 0) is 4.74 Å².